The van der Waals surface area contributed by atoms with Crippen LogP contribution >= 0.6 is 11.6 Å². The Morgan fingerprint density at radius 1 is 1.20 bits per heavy atom. The molecule has 3 nitrogen and oxygen atoms in total. The lowest BCUT2D eigenvalue weighted by atomic mass is 10.1. The van der Waals surface area contributed by atoms with Gasteiger partial charge < -0.3 is 4.74 Å². The molecule has 0 bridgehead atoms. The lowest BCUT2D eigenvalue weighted by Crippen LogP contribution is -1.88. The summed E-state index contributed by atoms with van der Waals surface area (Å²) in [6, 6.07) is 5.60. The van der Waals surface area contributed by atoms with Crippen LogP contribution < -0.4 is 4.74 Å². The molecule has 2 aromatic rings. The van der Waals surface area contributed by atoms with Crippen molar-refractivity contribution in [3.8, 4) is 16.9 Å². The number of aromatic nitrogens is 2. The zero-order chi connectivity index (χ0) is 10.7. The first-order valence-corrected chi connectivity index (χ1v) is 4.78. The van der Waals surface area contributed by atoms with Crippen LogP contribution in [0.15, 0.2) is 36.9 Å². The summed E-state index contributed by atoms with van der Waals surface area (Å²) in [6.45, 7) is 0. The van der Waals surface area contributed by atoms with Gasteiger partial charge in [-0.1, -0.05) is 23.7 Å². The lowest BCUT2D eigenvalue weighted by molar-refractivity contribution is 0.415. The summed E-state index contributed by atoms with van der Waals surface area (Å²) in [5.41, 5.74) is 1.75. The third kappa shape index (κ3) is 1.92. The highest BCUT2D eigenvalue weighted by molar-refractivity contribution is 6.34. The molecule has 0 fully saturated rings. The molecule has 4 heteroatoms. The summed E-state index contributed by atoms with van der Waals surface area (Å²) in [5.74, 6) is 0.651. The molecule has 0 atom stereocenters. The van der Waals surface area contributed by atoms with Crippen molar-refractivity contribution in [3.63, 3.8) is 0 Å². The van der Waals surface area contributed by atoms with Crippen LogP contribution in [0.1, 0.15) is 0 Å². The van der Waals surface area contributed by atoms with Crippen molar-refractivity contribution >= 4 is 11.6 Å². The Balaban J connectivity index is 2.54. The first-order chi connectivity index (χ1) is 7.33. The topological polar surface area (TPSA) is 35.0 Å². The molecule has 1 heterocycles. The molecule has 76 valence electrons. The predicted octanol–water partition coefficient (Wildman–Crippen LogP) is 2.81. The van der Waals surface area contributed by atoms with Crippen LogP contribution in [0.3, 0.4) is 0 Å². The Morgan fingerprint density at radius 2 is 1.93 bits per heavy atom. The van der Waals surface area contributed by atoms with Gasteiger partial charge >= 0.3 is 0 Å². The highest BCUT2D eigenvalue weighted by atomic mass is 35.5. The number of halogens is 1. The van der Waals surface area contributed by atoms with E-state index in [4.69, 9.17) is 16.3 Å². The predicted molar refractivity (Wildman–Crippen MR) is 59.0 cm³/mol. The van der Waals surface area contributed by atoms with Gasteiger partial charge in [0.15, 0.2) is 0 Å². The van der Waals surface area contributed by atoms with E-state index in [1.54, 1.807) is 19.5 Å². The molecule has 0 spiro atoms. The van der Waals surface area contributed by atoms with Crippen LogP contribution in [-0.4, -0.2) is 17.1 Å². The normalized spacial score (nSPS) is 10.0. The molecule has 15 heavy (non-hydrogen) atoms. The summed E-state index contributed by atoms with van der Waals surface area (Å²) >= 11 is 6.16. The Labute approximate surface area is 92.7 Å². The SMILES string of the molecule is COc1cccc(-c2cncnc2)c1Cl. The largest absolute Gasteiger partial charge is 0.495 e. The summed E-state index contributed by atoms with van der Waals surface area (Å²) < 4.78 is 5.13. The molecule has 0 aliphatic heterocycles. The average Bonchev–Trinajstić information content (AvgIpc) is 2.30. The van der Waals surface area contributed by atoms with Gasteiger partial charge in [-0.2, -0.15) is 0 Å². The quantitative estimate of drug-likeness (QED) is 0.781. The minimum absolute atomic E-state index is 0.579. The van der Waals surface area contributed by atoms with Crippen LogP contribution in [0.4, 0.5) is 0 Å². The molecule has 0 saturated carbocycles. The molecule has 2 rings (SSSR count). The van der Waals surface area contributed by atoms with E-state index >= 15 is 0 Å². The fourth-order valence-corrected chi connectivity index (χ4v) is 1.64. The Kier molecular flexibility index (Phi) is 2.83. The second-order valence-electron chi connectivity index (χ2n) is 2.95. The van der Waals surface area contributed by atoms with Crippen molar-refractivity contribution in [1.82, 2.24) is 9.97 Å². The van der Waals surface area contributed by atoms with E-state index < -0.39 is 0 Å². The van der Waals surface area contributed by atoms with Gasteiger partial charge in [-0.25, -0.2) is 9.97 Å². The van der Waals surface area contributed by atoms with E-state index in [9.17, 15) is 0 Å². The first-order valence-electron chi connectivity index (χ1n) is 4.41. The molecule has 1 aromatic carbocycles. The van der Waals surface area contributed by atoms with Crippen LogP contribution in [0.5, 0.6) is 5.75 Å². The van der Waals surface area contributed by atoms with Crippen LogP contribution in [0.25, 0.3) is 11.1 Å². The summed E-state index contributed by atoms with van der Waals surface area (Å²) in [7, 11) is 1.59. The second kappa shape index (κ2) is 4.28. The molecular weight excluding hydrogens is 212 g/mol. The number of rotatable bonds is 2. The maximum Gasteiger partial charge on any atom is 0.138 e. The number of nitrogens with zero attached hydrogens (tertiary/aromatic N) is 2. The Morgan fingerprint density at radius 3 is 2.60 bits per heavy atom. The van der Waals surface area contributed by atoms with Crippen molar-refractivity contribution in [3.05, 3.63) is 41.9 Å². The minimum atomic E-state index is 0.579. The third-order valence-corrected chi connectivity index (χ3v) is 2.44. The van der Waals surface area contributed by atoms with Crippen molar-refractivity contribution < 1.29 is 4.74 Å². The molecule has 0 aliphatic rings. The molecule has 0 saturated heterocycles. The molecule has 0 N–H and O–H groups in total. The van der Waals surface area contributed by atoms with E-state index in [1.165, 1.54) is 6.33 Å². The van der Waals surface area contributed by atoms with Gasteiger partial charge in [0.1, 0.15) is 12.1 Å². The standard InChI is InChI=1S/C11H9ClN2O/c1-15-10-4-2-3-9(11(10)12)8-5-13-7-14-6-8/h2-7H,1H3. The summed E-state index contributed by atoms with van der Waals surface area (Å²) in [6.07, 6.45) is 4.92. The highest BCUT2D eigenvalue weighted by Gasteiger charge is 2.08. The molecule has 0 radical (unpaired) electrons. The van der Waals surface area contributed by atoms with Gasteiger partial charge in [0.2, 0.25) is 0 Å². The number of hydrogen-bond donors (Lipinski definition) is 0. The number of ether oxygens (including phenoxy) is 1. The Bertz CT molecular complexity index is 459. The van der Waals surface area contributed by atoms with Crippen molar-refractivity contribution in [1.29, 1.82) is 0 Å². The van der Waals surface area contributed by atoms with Crippen molar-refractivity contribution in [2.75, 3.05) is 7.11 Å². The van der Waals surface area contributed by atoms with Gasteiger partial charge in [-0.3, -0.25) is 0 Å². The molecule has 0 unspecified atom stereocenters. The number of hydrogen-bond acceptors (Lipinski definition) is 3. The van der Waals surface area contributed by atoms with Crippen LogP contribution in [0, 0.1) is 0 Å². The second-order valence-corrected chi connectivity index (χ2v) is 3.33. The molecular formula is C11H9ClN2O. The zero-order valence-corrected chi connectivity index (χ0v) is 8.90. The van der Waals surface area contributed by atoms with E-state index in [-0.39, 0.29) is 0 Å². The average molecular weight is 221 g/mol. The van der Waals surface area contributed by atoms with Gasteiger partial charge in [-0.15, -0.1) is 0 Å². The first kappa shape index (κ1) is 9.93. The van der Waals surface area contributed by atoms with E-state index in [0.717, 1.165) is 11.1 Å². The third-order valence-electron chi connectivity index (χ3n) is 2.05. The van der Waals surface area contributed by atoms with Crippen molar-refractivity contribution in [2.24, 2.45) is 0 Å². The van der Waals surface area contributed by atoms with Crippen molar-refractivity contribution in [2.45, 2.75) is 0 Å². The van der Waals surface area contributed by atoms with E-state index in [2.05, 4.69) is 9.97 Å². The van der Waals surface area contributed by atoms with Crippen LogP contribution in [0.2, 0.25) is 5.02 Å². The van der Waals surface area contributed by atoms with Crippen LogP contribution in [-0.2, 0) is 0 Å². The smallest absolute Gasteiger partial charge is 0.138 e. The maximum absolute atomic E-state index is 6.16. The zero-order valence-electron chi connectivity index (χ0n) is 8.14. The highest BCUT2D eigenvalue weighted by Crippen LogP contribution is 2.34. The fourth-order valence-electron chi connectivity index (χ4n) is 1.33. The van der Waals surface area contributed by atoms with E-state index in [1.807, 2.05) is 18.2 Å². The Hall–Kier alpha value is -1.61. The fraction of sp³-hybridized carbons (Fsp3) is 0.0909. The monoisotopic (exact) mass is 220 g/mol. The molecule has 1 aromatic heterocycles. The van der Waals surface area contributed by atoms with Gasteiger partial charge in [0.05, 0.1) is 12.1 Å². The van der Waals surface area contributed by atoms with E-state index in [0.29, 0.717) is 10.8 Å². The lowest BCUT2D eigenvalue weighted by Gasteiger charge is -2.07. The maximum atomic E-state index is 6.16. The number of benzene rings is 1. The number of methoxy groups -OCH3 is 1. The molecule has 0 aliphatic carbocycles. The summed E-state index contributed by atoms with van der Waals surface area (Å²) in [5, 5.41) is 0.579. The van der Waals surface area contributed by atoms with Gasteiger partial charge in [-0.05, 0) is 6.07 Å². The minimum Gasteiger partial charge on any atom is -0.495 e. The van der Waals surface area contributed by atoms with Gasteiger partial charge in [0, 0.05) is 23.5 Å². The van der Waals surface area contributed by atoms with Gasteiger partial charge in [0.25, 0.3) is 0 Å². The summed E-state index contributed by atoms with van der Waals surface area (Å²) in [4.78, 5) is 7.89. The molecule has 0 amide bonds.